The second kappa shape index (κ2) is 8.35. The molecule has 2 bridgehead atoms. The lowest BCUT2D eigenvalue weighted by molar-refractivity contribution is -0.122. The summed E-state index contributed by atoms with van der Waals surface area (Å²) in [5, 5.41) is 6.85. The molecule has 1 aromatic rings. The van der Waals surface area contributed by atoms with Crippen LogP contribution in [0.3, 0.4) is 0 Å². The first-order chi connectivity index (χ1) is 11.0. The SMILES string of the molecule is Cc1ccc(CC(C)NC(=O)CC2CC3CCC(C2)N3)c(C)c1.Cl. The van der Waals surface area contributed by atoms with Crippen molar-refractivity contribution in [3.8, 4) is 0 Å². The van der Waals surface area contributed by atoms with Crippen molar-refractivity contribution < 1.29 is 4.79 Å². The Kier molecular flexibility index (Phi) is 6.70. The fourth-order valence-electron chi connectivity index (χ4n) is 4.39. The van der Waals surface area contributed by atoms with Crippen molar-refractivity contribution in [3.05, 3.63) is 34.9 Å². The van der Waals surface area contributed by atoms with Gasteiger partial charge in [-0.05, 0) is 69.9 Å². The van der Waals surface area contributed by atoms with E-state index in [1.165, 1.54) is 42.4 Å². The van der Waals surface area contributed by atoms with Crippen molar-refractivity contribution in [1.29, 1.82) is 0 Å². The minimum absolute atomic E-state index is 0. The van der Waals surface area contributed by atoms with Gasteiger partial charge in [0.2, 0.25) is 5.91 Å². The van der Waals surface area contributed by atoms with Gasteiger partial charge in [0.15, 0.2) is 0 Å². The van der Waals surface area contributed by atoms with E-state index >= 15 is 0 Å². The highest BCUT2D eigenvalue weighted by Gasteiger charge is 2.34. The van der Waals surface area contributed by atoms with Crippen molar-refractivity contribution >= 4 is 18.3 Å². The minimum Gasteiger partial charge on any atom is -0.353 e. The second-order valence-corrected chi connectivity index (χ2v) is 7.78. The summed E-state index contributed by atoms with van der Waals surface area (Å²) >= 11 is 0. The first-order valence-corrected chi connectivity index (χ1v) is 9.11. The lowest BCUT2D eigenvalue weighted by Crippen LogP contribution is -2.41. The Labute approximate surface area is 152 Å². The highest BCUT2D eigenvalue weighted by atomic mass is 35.5. The number of aryl methyl sites for hydroxylation is 2. The number of hydrogen-bond donors (Lipinski definition) is 2. The van der Waals surface area contributed by atoms with Crippen LogP contribution in [0, 0.1) is 19.8 Å². The Bertz CT molecular complexity index is 563. The van der Waals surface area contributed by atoms with Crippen molar-refractivity contribution in [2.75, 3.05) is 0 Å². The van der Waals surface area contributed by atoms with Gasteiger partial charge >= 0.3 is 0 Å². The van der Waals surface area contributed by atoms with Gasteiger partial charge in [-0.15, -0.1) is 12.4 Å². The lowest BCUT2D eigenvalue weighted by atomic mass is 9.89. The van der Waals surface area contributed by atoms with Crippen LogP contribution in [0.25, 0.3) is 0 Å². The van der Waals surface area contributed by atoms with Crippen molar-refractivity contribution in [2.45, 2.75) is 77.4 Å². The molecule has 3 atom stereocenters. The minimum atomic E-state index is 0. The molecule has 3 unspecified atom stereocenters. The van der Waals surface area contributed by atoms with Gasteiger partial charge in [0, 0.05) is 24.5 Å². The van der Waals surface area contributed by atoms with E-state index in [2.05, 4.69) is 49.6 Å². The number of hydrogen-bond acceptors (Lipinski definition) is 2. The first-order valence-electron chi connectivity index (χ1n) is 9.11. The standard InChI is InChI=1S/C20H30N2O.ClH/c1-13-4-5-17(14(2)8-13)9-15(3)21-20(23)12-16-10-18-6-7-19(11-16)22-18;/h4-5,8,15-16,18-19,22H,6-7,9-12H2,1-3H3,(H,21,23);1H. The monoisotopic (exact) mass is 350 g/mol. The molecule has 0 radical (unpaired) electrons. The van der Waals surface area contributed by atoms with Crippen LogP contribution in [0.15, 0.2) is 18.2 Å². The van der Waals surface area contributed by atoms with E-state index in [0.717, 1.165) is 6.42 Å². The molecule has 2 aliphatic heterocycles. The number of piperidine rings is 1. The fraction of sp³-hybridized carbons (Fsp3) is 0.650. The summed E-state index contributed by atoms with van der Waals surface area (Å²) in [6, 6.07) is 8.09. The number of carbonyl (C=O) groups is 1. The van der Waals surface area contributed by atoms with Crippen LogP contribution in [0.1, 0.15) is 55.7 Å². The van der Waals surface area contributed by atoms with E-state index in [9.17, 15) is 4.79 Å². The lowest BCUT2D eigenvalue weighted by Gasteiger charge is -2.29. The predicted octanol–water partition coefficient (Wildman–Crippen LogP) is 3.69. The highest BCUT2D eigenvalue weighted by Crippen LogP contribution is 2.32. The summed E-state index contributed by atoms with van der Waals surface area (Å²) in [6.07, 6.45) is 6.56. The Morgan fingerprint density at radius 3 is 2.54 bits per heavy atom. The third-order valence-corrected chi connectivity index (χ3v) is 5.48. The Morgan fingerprint density at radius 1 is 1.25 bits per heavy atom. The summed E-state index contributed by atoms with van der Waals surface area (Å²) < 4.78 is 0. The third kappa shape index (κ3) is 4.97. The molecular weight excluding hydrogens is 320 g/mol. The van der Waals surface area contributed by atoms with Gasteiger partial charge in [0.25, 0.3) is 0 Å². The van der Waals surface area contributed by atoms with E-state index in [-0.39, 0.29) is 24.4 Å². The number of fused-ring (bicyclic) bond motifs is 2. The van der Waals surface area contributed by atoms with Crippen molar-refractivity contribution in [3.63, 3.8) is 0 Å². The molecule has 0 saturated carbocycles. The molecule has 1 amide bonds. The molecule has 24 heavy (non-hydrogen) atoms. The van der Waals surface area contributed by atoms with Crippen LogP contribution < -0.4 is 10.6 Å². The van der Waals surface area contributed by atoms with Gasteiger partial charge in [-0.2, -0.15) is 0 Å². The second-order valence-electron chi connectivity index (χ2n) is 7.78. The molecule has 134 valence electrons. The number of halogens is 1. The van der Waals surface area contributed by atoms with Crippen LogP contribution in [0.4, 0.5) is 0 Å². The van der Waals surface area contributed by atoms with Gasteiger partial charge in [0.05, 0.1) is 0 Å². The summed E-state index contributed by atoms with van der Waals surface area (Å²) in [5.41, 5.74) is 3.95. The first kappa shape index (κ1) is 19.3. The number of benzene rings is 1. The maximum atomic E-state index is 12.4. The van der Waals surface area contributed by atoms with E-state index in [0.29, 0.717) is 24.4 Å². The van der Waals surface area contributed by atoms with Crippen LogP contribution in [0.2, 0.25) is 0 Å². The third-order valence-electron chi connectivity index (χ3n) is 5.48. The molecule has 1 aromatic carbocycles. The number of rotatable bonds is 5. The molecule has 0 spiro atoms. The maximum Gasteiger partial charge on any atom is 0.220 e. The predicted molar refractivity (Wildman–Crippen MR) is 102 cm³/mol. The zero-order chi connectivity index (χ0) is 16.4. The molecule has 3 rings (SSSR count). The maximum absolute atomic E-state index is 12.4. The van der Waals surface area contributed by atoms with Crippen LogP contribution >= 0.6 is 12.4 Å². The zero-order valence-corrected chi connectivity index (χ0v) is 15.9. The topological polar surface area (TPSA) is 41.1 Å². The van der Waals surface area contributed by atoms with Gasteiger partial charge < -0.3 is 10.6 Å². The molecule has 4 heteroatoms. The molecule has 2 N–H and O–H groups in total. The summed E-state index contributed by atoms with van der Waals surface area (Å²) in [7, 11) is 0. The van der Waals surface area contributed by atoms with Gasteiger partial charge in [-0.3, -0.25) is 4.79 Å². The van der Waals surface area contributed by atoms with Crippen LogP contribution in [-0.4, -0.2) is 24.0 Å². The van der Waals surface area contributed by atoms with Gasteiger partial charge in [-0.25, -0.2) is 0 Å². The molecule has 3 nitrogen and oxygen atoms in total. The molecule has 2 heterocycles. The molecule has 2 saturated heterocycles. The largest absolute Gasteiger partial charge is 0.353 e. The fourth-order valence-corrected chi connectivity index (χ4v) is 4.39. The van der Waals surface area contributed by atoms with Crippen LogP contribution in [0.5, 0.6) is 0 Å². The van der Waals surface area contributed by atoms with E-state index < -0.39 is 0 Å². The summed E-state index contributed by atoms with van der Waals surface area (Å²) in [6.45, 7) is 6.39. The summed E-state index contributed by atoms with van der Waals surface area (Å²) in [4.78, 5) is 12.4. The average molecular weight is 351 g/mol. The quantitative estimate of drug-likeness (QED) is 0.850. The molecular formula is C20H31ClN2O. The Balaban J connectivity index is 0.00000208. The Hall–Kier alpha value is -1.06. The number of amides is 1. The Morgan fingerprint density at radius 2 is 1.92 bits per heavy atom. The van der Waals surface area contributed by atoms with Crippen molar-refractivity contribution in [2.24, 2.45) is 5.92 Å². The van der Waals surface area contributed by atoms with E-state index in [1.807, 2.05) is 0 Å². The normalized spacial score (nSPS) is 26.5. The highest BCUT2D eigenvalue weighted by molar-refractivity contribution is 5.85. The average Bonchev–Trinajstić information content (AvgIpc) is 2.81. The molecule has 2 fully saturated rings. The van der Waals surface area contributed by atoms with Crippen LogP contribution in [-0.2, 0) is 11.2 Å². The van der Waals surface area contributed by atoms with Gasteiger partial charge in [0.1, 0.15) is 0 Å². The smallest absolute Gasteiger partial charge is 0.220 e. The van der Waals surface area contributed by atoms with E-state index in [1.54, 1.807) is 0 Å². The molecule has 2 aliphatic rings. The van der Waals surface area contributed by atoms with Gasteiger partial charge in [-0.1, -0.05) is 23.8 Å². The summed E-state index contributed by atoms with van der Waals surface area (Å²) in [5.74, 6) is 0.802. The number of nitrogens with one attached hydrogen (secondary N) is 2. The molecule has 0 aliphatic carbocycles. The van der Waals surface area contributed by atoms with E-state index in [4.69, 9.17) is 0 Å². The zero-order valence-electron chi connectivity index (χ0n) is 15.1. The molecule has 0 aromatic heterocycles. The van der Waals surface area contributed by atoms with Crippen molar-refractivity contribution in [1.82, 2.24) is 10.6 Å². The number of carbonyl (C=O) groups excluding carboxylic acids is 1.